The van der Waals surface area contributed by atoms with Crippen LogP contribution in [0.5, 0.6) is 0 Å². The number of carboxylic acid groups (broad SMARTS) is 1. The summed E-state index contributed by atoms with van der Waals surface area (Å²) in [5, 5.41) is 18.8. The zero-order valence-corrected chi connectivity index (χ0v) is 8.78. The second-order valence-corrected chi connectivity index (χ2v) is 2.14. The van der Waals surface area contributed by atoms with Crippen LogP contribution in [0.25, 0.3) is 0 Å². The summed E-state index contributed by atoms with van der Waals surface area (Å²) in [5.74, 6) is -1.20. The first-order valence-electron chi connectivity index (χ1n) is 3.15. The van der Waals surface area contributed by atoms with Gasteiger partial charge in [0, 0.05) is 0 Å². The first-order valence-corrected chi connectivity index (χ1v) is 3.15. The Kier molecular flexibility index (Phi) is 5.17. The van der Waals surface area contributed by atoms with Gasteiger partial charge in [-0.05, 0) is 11.1 Å². The molecule has 1 aromatic rings. The van der Waals surface area contributed by atoms with Crippen LogP contribution in [-0.2, 0) is 6.61 Å². The molecule has 0 amide bonds. The van der Waals surface area contributed by atoms with Crippen molar-refractivity contribution < 1.29 is 44.6 Å². The van der Waals surface area contributed by atoms with Crippen LogP contribution in [0.15, 0.2) is 24.3 Å². The molecule has 0 radical (unpaired) electrons. The maximum Gasteiger partial charge on any atom is 1.00 e. The topological polar surface area (TPSA) is 60.4 Å². The van der Waals surface area contributed by atoms with E-state index >= 15 is 0 Å². The Balaban J connectivity index is 0.00000121. The molecule has 0 aliphatic rings. The molecule has 0 saturated heterocycles. The second-order valence-electron chi connectivity index (χ2n) is 2.14. The maximum absolute atomic E-state index is 10.2. The number of aromatic carboxylic acids is 1. The largest absolute Gasteiger partial charge is 1.00 e. The number of hydrogen-bond acceptors (Lipinski definition) is 3. The quantitative estimate of drug-likeness (QED) is 0.474. The summed E-state index contributed by atoms with van der Waals surface area (Å²) in [5.41, 5.74) is 0.817. The van der Waals surface area contributed by atoms with Gasteiger partial charge in [-0.1, -0.05) is 24.3 Å². The van der Waals surface area contributed by atoms with E-state index in [9.17, 15) is 9.90 Å². The Morgan fingerprint density at radius 3 is 2.17 bits per heavy atom. The van der Waals surface area contributed by atoms with Crippen molar-refractivity contribution >= 4 is 5.97 Å². The molecular formula is C8H7NaO3. The average Bonchev–Trinajstić information content (AvgIpc) is 2.05. The molecule has 3 nitrogen and oxygen atoms in total. The van der Waals surface area contributed by atoms with Gasteiger partial charge in [-0.2, -0.15) is 0 Å². The van der Waals surface area contributed by atoms with E-state index in [1.165, 1.54) is 12.1 Å². The molecule has 0 spiro atoms. The average molecular weight is 174 g/mol. The van der Waals surface area contributed by atoms with E-state index in [-0.39, 0.29) is 41.7 Å². The third-order valence-corrected chi connectivity index (χ3v) is 1.37. The van der Waals surface area contributed by atoms with Gasteiger partial charge in [0.1, 0.15) is 0 Å². The third-order valence-electron chi connectivity index (χ3n) is 1.37. The molecule has 12 heavy (non-hydrogen) atoms. The Labute approximate surface area is 92.3 Å². The molecule has 1 N–H and O–H groups in total. The molecule has 0 aliphatic heterocycles. The molecule has 4 heteroatoms. The van der Waals surface area contributed by atoms with Gasteiger partial charge in [-0.25, -0.2) is 0 Å². The summed E-state index contributed by atoms with van der Waals surface area (Å²) >= 11 is 0. The molecule has 0 saturated carbocycles. The molecule has 0 aromatic heterocycles. The van der Waals surface area contributed by atoms with E-state index in [0.717, 1.165) is 0 Å². The number of carbonyl (C=O) groups excluding carboxylic acids is 1. The van der Waals surface area contributed by atoms with Gasteiger partial charge in [-0.3, -0.25) is 0 Å². The number of carboxylic acids is 1. The summed E-state index contributed by atoms with van der Waals surface area (Å²) in [7, 11) is 0. The van der Waals surface area contributed by atoms with Gasteiger partial charge in [0.25, 0.3) is 0 Å². The summed E-state index contributed by atoms with van der Waals surface area (Å²) in [4.78, 5) is 10.2. The van der Waals surface area contributed by atoms with Crippen LogP contribution in [0.1, 0.15) is 15.9 Å². The van der Waals surface area contributed by atoms with Gasteiger partial charge in [-0.15, -0.1) is 0 Å². The molecule has 0 aliphatic carbocycles. The van der Waals surface area contributed by atoms with Crippen LogP contribution in [0, 0.1) is 0 Å². The van der Waals surface area contributed by atoms with Crippen molar-refractivity contribution in [3.05, 3.63) is 35.4 Å². The molecule has 0 heterocycles. The summed E-state index contributed by atoms with van der Waals surface area (Å²) in [6.07, 6.45) is 0. The van der Waals surface area contributed by atoms with Crippen LogP contribution in [-0.4, -0.2) is 11.1 Å². The SMILES string of the molecule is O=C([O-])c1ccc(CO)cc1.[Na+]. The number of aliphatic hydroxyl groups excluding tert-OH is 1. The van der Waals surface area contributed by atoms with Crippen LogP contribution >= 0.6 is 0 Å². The molecule has 0 atom stereocenters. The molecule has 0 bridgehead atoms. The Bertz CT molecular complexity index is 256. The maximum atomic E-state index is 10.2. The zero-order valence-electron chi connectivity index (χ0n) is 6.78. The van der Waals surface area contributed by atoms with Crippen molar-refractivity contribution in [2.24, 2.45) is 0 Å². The number of rotatable bonds is 2. The fourth-order valence-corrected chi connectivity index (χ4v) is 0.746. The van der Waals surface area contributed by atoms with Crippen molar-refractivity contribution in [1.29, 1.82) is 0 Å². The van der Waals surface area contributed by atoms with Crippen LogP contribution < -0.4 is 34.7 Å². The van der Waals surface area contributed by atoms with Crippen molar-refractivity contribution in [1.82, 2.24) is 0 Å². The Morgan fingerprint density at radius 1 is 1.33 bits per heavy atom. The van der Waals surface area contributed by atoms with Crippen molar-refractivity contribution in [2.75, 3.05) is 0 Å². The number of benzene rings is 1. The summed E-state index contributed by atoms with van der Waals surface area (Å²) in [6.45, 7) is -0.0761. The van der Waals surface area contributed by atoms with Crippen LogP contribution in [0.2, 0.25) is 0 Å². The number of aliphatic hydroxyl groups is 1. The minimum absolute atomic E-state index is 0. The van der Waals surface area contributed by atoms with E-state index in [2.05, 4.69) is 0 Å². The van der Waals surface area contributed by atoms with E-state index in [1.54, 1.807) is 12.1 Å². The fourth-order valence-electron chi connectivity index (χ4n) is 0.746. The van der Waals surface area contributed by atoms with Crippen molar-refractivity contribution in [3.8, 4) is 0 Å². The summed E-state index contributed by atoms with van der Waals surface area (Å²) in [6, 6.07) is 5.90. The normalized spacial score (nSPS) is 8.75. The predicted octanol–water partition coefficient (Wildman–Crippen LogP) is -3.45. The first-order chi connectivity index (χ1) is 5.24. The monoisotopic (exact) mass is 174 g/mol. The van der Waals surface area contributed by atoms with Crippen LogP contribution in [0.4, 0.5) is 0 Å². The Morgan fingerprint density at radius 2 is 1.83 bits per heavy atom. The van der Waals surface area contributed by atoms with Gasteiger partial charge >= 0.3 is 29.6 Å². The van der Waals surface area contributed by atoms with E-state index in [0.29, 0.717) is 5.56 Å². The van der Waals surface area contributed by atoms with Gasteiger partial charge in [0.2, 0.25) is 0 Å². The van der Waals surface area contributed by atoms with Crippen molar-refractivity contribution in [2.45, 2.75) is 6.61 Å². The minimum Gasteiger partial charge on any atom is -0.545 e. The van der Waals surface area contributed by atoms with E-state index in [4.69, 9.17) is 5.11 Å². The molecule has 1 rings (SSSR count). The molecule has 58 valence electrons. The van der Waals surface area contributed by atoms with Gasteiger partial charge in [0.15, 0.2) is 0 Å². The van der Waals surface area contributed by atoms with Gasteiger partial charge in [0.05, 0.1) is 12.6 Å². The second kappa shape index (κ2) is 5.32. The third kappa shape index (κ3) is 2.95. The number of carbonyl (C=O) groups is 1. The molecule has 0 fully saturated rings. The van der Waals surface area contributed by atoms with E-state index < -0.39 is 5.97 Å². The molecule has 1 aromatic carbocycles. The fraction of sp³-hybridized carbons (Fsp3) is 0.125. The number of hydrogen-bond donors (Lipinski definition) is 1. The molecular weight excluding hydrogens is 167 g/mol. The minimum atomic E-state index is -1.20. The van der Waals surface area contributed by atoms with Crippen LogP contribution in [0.3, 0.4) is 0 Å². The zero-order chi connectivity index (χ0) is 8.27. The van der Waals surface area contributed by atoms with Gasteiger partial charge < -0.3 is 15.0 Å². The smallest absolute Gasteiger partial charge is 0.545 e. The molecule has 0 unspecified atom stereocenters. The summed E-state index contributed by atoms with van der Waals surface area (Å²) < 4.78 is 0. The van der Waals surface area contributed by atoms with E-state index in [1.807, 2.05) is 0 Å². The predicted molar refractivity (Wildman–Crippen MR) is 36.7 cm³/mol. The van der Waals surface area contributed by atoms with Crippen molar-refractivity contribution in [3.63, 3.8) is 0 Å². The first kappa shape index (κ1) is 11.6. The standard InChI is InChI=1S/C8H8O3.Na/c9-5-6-1-3-7(4-2-6)8(10)11;/h1-4,9H,5H2,(H,10,11);/q;+1/p-1. The Hall–Kier alpha value is -0.350.